The van der Waals surface area contributed by atoms with Gasteiger partial charge in [-0.25, -0.2) is 0 Å². The van der Waals surface area contributed by atoms with Gasteiger partial charge in [0.1, 0.15) is 6.29 Å². The summed E-state index contributed by atoms with van der Waals surface area (Å²) < 4.78 is 2.20. The summed E-state index contributed by atoms with van der Waals surface area (Å²) >= 11 is 6.88. The van der Waals surface area contributed by atoms with Crippen molar-refractivity contribution >= 4 is 44.4 Å². The molecule has 2 aromatic rings. The molecule has 2 aromatic carbocycles. The van der Waals surface area contributed by atoms with Gasteiger partial charge in [-0.2, -0.15) is 0 Å². The number of carbonyl (C=O) groups is 1. The maximum absolute atomic E-state index is 10.4. The number of aldehydes is 1. The molecule has 0 aliphatic heterocycles. The van der Waals surface area contributed by atoms with Crippen LogP contribution in [0.1, 0.15) is 38.2 Å². The number of rotatable bonds is 2. The van der Waals surface area contributed by atoms with Crippen molar-refractivity contribution in [2.45, 2.75) is 27.7 Å². The Morgan fingerprint density at radius 3 is 1.48 bits per heavy atom. The van der Waals surface area contributed by atoms with E-state index in [1.54, 1.807) is 0 Å². The number of aryl methyl sites for hydroxylation is 4. The molecular weight excluding hydrogens is 422 g/mol. The van der Waals surface area contributed by atoms with Crippen LogP contribution in [0.3, 0.4) is 0 Å². The summed E-state index contributed by atoms with van der Waals surface area (Å²) in [6.07, 6.45) is 2.29. The van der Waals surface area contributed by atoms with Gasteiger partial charge in [0.2, 0.25) is 0 Å². The summed E-state index contributed by atoms with van der Waals surface area (Å²) in [7, 11) is 0. The third-order valence-corrected chi connectivity index (χ3v) is 5.76. The zero-order valence-corrected chi connectivity index (χ0v) is 16.7. The highest BCUT2D eigenvalue weighted by atomic mass is 79.9. The Morgan fingerprint density at radius 2 is 1.17 bits per heavy atom. The number of hydrogen-bond acceptors (Lipinski definition) is 3. The molecule has 0 saturated heterocycles. The van der Waals surface area contributed by atoms with Gasteiger partial charge in [0.25, 0.3) is 0 Å². The van der Waals surface area contributed by atoms with Gasteiger partial charge in [0.15, 0.2) is 0 Å². The molecule has 0 saturated carbocycles. The van der Waals surface area contributed by atoms with Crippen molar-refractivity contribution in [1.82, 2.24) is 0 Å². The van der Waals surface area contributed by atoms with E-state index in [0.717, 1.165) is 48.6 Å². The van der Waals surface area contributed by atoms with E-state index >= 15 is 0 Å². The monoisotopic (exact) mass is 439 g/mol. The van der Waals surface area contributed by atoms with Crippen molar-refractivity contribution in [3.8, 4) is 0 Å². The lowest BCUT2D eigenvalue weighted by Gasteiger charge is -2.03. The van der Waals surface area contributed by atoms with Crippen molar-refractivity contribution in [2.75, 3.05) is 0 Å². The molecule has 0 aliphatic rings. The Kier molecular flexibility index (Phi) is 7.65. The van der Waals surface area contributed by atoms with Crippen LogP contribution < -0.4 is 0 Å². The summed E-state index contributed by atoms with van der Waals surface area (Å²) in [6.45, 7) is 7.96. The van der Waals surface area contributed by atoms with E-state index in [4.69, 9.17) is 5.21 Å². The smallest absolute Gasteiger partial charge is 0.150 e. The van der Waals surface area contributed by atoms with Gasteiger partial charge >= 0.3 is 0 Å². The van der Waals surface area contributed by atoms with Crippen LogP contribution in [0.5, 0.6) is 0 Å². The molecule has 1 N–H and O–H groups in total. The third-order valence-electron chi connectivity index (χ3n) is 3.26. The predicted molar refractivity (Wildman–Crippen MR) is 102 cm³/mol. The van der Waals surface area contributed by atoms with Gasteiger partial charge in [-0.05, 0) is 79.8 Å². The van der Waals surface area contributed by atoms with E-state index in [1.807, 2.05) is 52.0 Å². The molecule has 0 heterocycles. The minimum absolute atomic E-state index is 0.739. The molecule has 5 heteroatoms. The first-order chi connectivity index (χ1) is 10.8. The Balaban J connectivity index is 0.000000231. The highest BCUT2D eigenvalue weighted by Gasteiger charge is 2.01. The highest BCUT2D eigenvalue weighted by molar-refractivity contribution is 9.10. The Morgan fingerprint density at radius 1 is 0.826 bits per heavy atom. The Hall–Kier alpha value is -1.46. The number of benzene rings is 2. The number of hydrogen-bond donors (Lipinski definition) is 1. The fourth-order valence-electron chi connectivity index (χ4n) is 2.17. The first-order valence-electron chi connectivity index (χ1n) is 6.96. The van der Waals surface area contributed by atoms with Crippen LogP contribution in [0.25, 0.3) is 0 Å². The molecule has 0 amide bonds. The van der Waals surface area contributed by atoms with Crippen LogP contribution in [0.15, 0.2) is 38.4 Å². The molecular formula is C18H19Br2NO2. The quantitative estimate of drug-likeness (QED) is 0.279. The van der Waals surface area contributed by atoms with E-state index in [9.17, 15) is 4.79 Å². The molecule has 2 rings (SSSR count). The van der Waals surface area contributed by atoms with Crippen LogP contribution in [-0.2, 0) is 0 Å². The maximum atomic E-state index is 10.4. The molecule has 122 valence electrons. The van der Waals surface area contributed by atoms with E-state index in [-0.39, 0.29) is 0 Å². The fourth-order valence-corrected chi connectivity index (χ4v) is 2.63. The van der Waals surface area contributed by atoms with Crippen LogP contribution in [0.4, 0.5) is 0 Å². The molecule has 3 nitrogen and oxygen atoms in total. The van der Waals surface area contributed by atoms with Gasteiger partial charge in [0.05, 0.1) is 6.21 Å². The van der Waals surface area contributed by atoms with Crippen molar-refractivity contribution in [3.05, 3.63) is 66.6 Å². The van der Waals surface area contributed by atoms with Gasteiger partial charge < -0.3 is 5.21 Å². The van der Waals surface area contributed by atoms with Crippen LogP contribution in [0, 0.1) is 27.7 Å². The Labute approximate surface area is 153 Å². The van der Waals surface area contributed by atoms with Crippen molar-refractivity contribution in [3.63, 3.8) is 0 Å². The van der Waals surface area contributed by atoms with Gasteiger partial charge in [-0.1, -0.05) is 37.0 Å². The average molecular weight is 441 g/mol. The molecule has 0 spiro atoms. The van der Waals surface area contributed by atoms with Crippen molar-refractivity contribution in [1.29, 1.82) is 0 Å². The zero-order valence-electron chi connectivity index (χ0n) is 13.5. The first-order valence-corrected chi connectivity index (χ1v) is 8.54. The van der Waals surface area contributed by atoms with E-state index in [1.165, 1.54) is 6.21 Å². The molecule has 23 heavy (non-hydrogen) atoms. The maximum Gasteiger partial charge on any atom is 0.150 e. The number of carbonyl (C=O) groups excluding carboxylic acids is 1. The molecule has 0 aliphatic carbocycles. The molecule has 0 atom stereocenters. The van der Waals surface area contributed by atoms with E-state index in [2.05, 4.69) is 37.0 Å². The van der Waals surface area contributed by atoms with Crippen LogP contribution >= 0.6 is 31.9 Å². The SMILES string of the molecule is Cc1cc(/C=N/O)cc(C)c1Br.Cc1cc(C=O)cc(C)c1Br. The second-order valence-corrected chi connectivity index (χ2v) is 6.89. The summed E-state index contributed by atoms with van der Waals surface area (Å²) in [4.78, 5) is 10.4. The van der Waals surface area contributed by atoms with E-state index < -0.39 is 0 Å². The summed E-state index contributed by atoms with van der Waals surface area (Å²) in [6, 6.07) is 7.64. The summed E-state index contributed by atoms with van der Waals surface area (Å²) in [5.74, 6) is 0. The van der Waals surface area contributed by atoms with Gasteiger partial charge in [-0.3, -0.25) is 4.79 Å². The molecule has 0 bridgehead atoms. The lowest BCUT2D eigenvalue weighted by molar-refractivity contribution is 0.112. The van der Waals surface area contributed by atoms with E-state index in [0.29, 0.717) is 0 Å². The number of oxime groups is 1. The number of halogens is 2. The molecule has 0 fully saturated rings. The lowest BCUT2D eigenvalue weighted by Crippen LogP contribution is -1.87. The summed E-state index contributed by atoms with van der Waals surface area (Å²) in [5.41, 5.74) is 6.15. The minimum atomic E-state index is 0.739. The molecule has 0 radical (unpaired) electrons. The first kappa shape index (κ1) is 19.6. The highest BCUT2D eigenvalue weighted by Crippen LogP contribution is 2.22. The molecule has 0 aromatic heterocycles. The Bertz CT molecular complexity index is 694. The fraction of sp³-hybridized carbons (Fsp3) is 0.222. The minimum Gasteiger partial charge on any atom is -0.411 e. The average Bonchev–Trinajstić information content (AvgIpc) is 2.50. The third kappa shape index (κ3) is 5.59. The van der Waals surface area contributed by atoms with Crippen LogP contribution in [-0.4, -0.2) is 17.7 Å². The van der Waals surface area contributed by atoms with Crippen LogP contribution in [0.2, 0.25) is 0 Å². The second kappa shape index (κ2) is 8.99. The largest absolute Gasteiger partial charge is 0.411 e. The predicted octanol–water partition coefficient (Wildman–Crippen LogP) is 5.75. The summed E-state index contributed by atoms with van der Waals surface area (Å²) in [5, 5.41) is 11.3. The zero-order chi connectivity index (χ0) is 17.6. The normalized spacial score (nSPS) is 10.3. The molecule has 0 unspecified atom stereocenters. The lowest BCUT2D eigenvalue weighted by atomic mass is 10.1. The van der Waals surface area contributed by atoms with Crippen molar-refractivity contribution in [2.24, 2.45) is 5.16 Å². The van der Waals surface area contributed by atoms with Gasteiger partial charge in [0, 0.05) is 14.5 Å². The van der Waals surface area contributed by atoms with Crippen molar-refractivity contribution < 1.29 is 10.0 Å². The second-order valence-electron chi connectivity index (χ2n) is 5.30. The number of nitrogens with zero attached hydrogens (tertiary/aromatic N) is 1. The standard InChI is InChI=1S/C9H10BrNO.C9H9BrO/c1-6-3-8(5-11-12)4-7(2)9(6)10;1-6-3-8(5-11)4-7(2)9(6)10/h3-5,12H,1-2H3;3-5H,1-2H3/b11-5+;. The van der Waals surface area contributed by atoms with Gasteiger partial charge in [-0.15, -0.1) is 0 Å². The topological polar surface area (TPSA) is 49.7 Å².